The van der Waals surface area contributed by atoms with Gasteiger partial charge < -0.3 is 20.5 Å². The molecule has 0 saturated heterocycles. The average Bonchev–Trinajstić information content (AvgIpc) is 2.91. The van der Waals surface area contributed by atoms with Crippen LogP contribution < -0.4 is 20.5 Å². The number of rotatable bonds is 11. The van der Waals surface area contributed by atoms with E-state index in [1.165, 1.54) is 0 Å². The molecule has 3 N–H and O–H groups in total. The van der Waals surface area contributed by atoms with E-state index < -0.39 is 29.5 Å². The van der Waals surface area contributed by atoms with E-state index in [-0.39, 0.29) is 18.6 Å². The van der Waals surface area contributed by atoms with Gasteiger partial charge in [0.05, 0.1) is 0 Å². The average molecular weight is 517 g/mol. The lowest BCUT2D eigenvalue weighted by atomic mass is 10.0. The highest BCUT2D eigenvalue weighted by molar-refractivity contribution is 5.97. The molecule has 6 nitrogen and oxygen atoms in total. The van der Waals surface area contributed by atoms with E-state index in [4.69, 9.17) is 15.2 Å². The molecule has 4 aromatic carbocycles. The zero-order valence-corrected chi connectivity index (χ0v) is 20.4. The molecule has 0 fully saturated rings. The number of primary amides is 1. The first-order chi connectivity index (χ1) is 18.4. The van der Waals surface area contributed by atoms with Crippen molar-refractivity contribution in [1.29, 1.82) is 0 Å². The van der Waals surface area contributed by atoms with Gasteiger partial charge in [0, 0.05) is 18.1 Å². The minimum atomic E-state index is -1.13. The molecule has 38 heavy (non-hydrogen) atoms. The van der Waals surface area contributed by atoms with Gasteiger partial charge in [0.25, 0.3) is 5.91 Å². The van der Waals surface area contributed by atoms with Crippen LogP contribution in [0, 0.1) is 11.6 Å². The number of carbonyl (C=O) groups excluding carboxylic acids is 2. The Kier molecular flexibility index (Phi) is 8.66. The lowest BCUT2D eigenvalue weighted by Gasteiger charge is -2.18. The molecule has 4 rings (SSSR count). The standard InChI is InChI=1S/C30H26F2N2O4/c31-24-15-23(16-25(32)17-24)30(36)34-26(29(33)35)13-22-11-12-27(37-18-20-7-3-1-4-8-20)28(14-22)38-19-21-9-5-2-6-10-21/h1-12,14-17,26H,13,18-19H2,(H2,33,35)(H,34,36)/t26-/m0/s1. The third-order valence-corrected chi connectivity index (χ3v) is 5.70. The molecule has 0 saturated carbocycles. The van der Waals surface area contributed by atoms with Crippen molar-refractivity contribution in [3.05, 3.63) is 131 Å². The molecule has 1 atom stereocenters. The number of nitrogens with one attached hydrogen (secondary N) is 1. The zero-order chi connectivity index (χ0) is 26.9. The van der Waals surface area contributed by atoms with Crippen LogP contribution in [0.5, 0.6) is 11.5 Å². The molecule has 0 heterocycles. The molecule has 0 aliphatic carbocycles. The number of hydrogen-bond acceptors (Lipinski definition) is 4. The lowest BCUT2D eigenvalue weighted by Crippen LogP contribution is -2.45. The summed E-state index contributed by atoms with van der Waals surface area (Å²) in [4.78, 5) is 24.7. The Labute approximate surface area is 219 Å². The highest BCUT2D eigenvalue weighted by Crippen LogP contribution is 2.30. The van der Waals surface area contributed by atoms with Gasteiger partial charge >= 0.3 is 0 Å². The van der Waals surface area contributed by atoms with Crippen molar-refractivity contribution >= 4 is 11.8 Å². The Morgan fingerprint density at radius 3 is 1.82 bits per heavy atom. The second-order valence-corrected chi connectivity index (χ2v) is 8.62. The smallest absolute Gasteiger partial charge is 0.252 e. The van der Waals surface area contributed by atoms with Crippen LogP contribution in [-0.2, 0) is 24.4 Å². The number of carbonyl (C=O) groups is 2. The first-order valence-corrected chi connectivity index (χ1v) is 11.9. The van der Waals surface area contributed by atoms with Gasteiger partial charge in [-0.1, -0.05) is 66.7 Å². The van der Waals surface area contributed by atoms with Crippen LogP contribution in [0.15, 0.2) is 97.1 Å². The maximum atomic E-state index is 13.5. The second-order valence-electron chi connectivity index (χ2n) is 8.62. The molecule has 2 amide bonds. The highest BCUT2D eigenvalue weighted by Gasteiger charge is 2.21. The van der Waals surface area contributed by atoms with Crippen molar-refractivity contribution in [3.8, 4) is 11.5 Å². The van der Waals surface area contributed by atoms with Crippen LogP contribution in [0.4, 0.5) is 8.78 Å². The van der Waals surface area contributed by atoms with E-state index in [9.17, 15) is 18.4 Å². The van der Waals surface area contributed by atoms with Crippen LogP contribution in [-0.4, -0.2) is 17.9 Å². The predicted octanol–water partition coefficient (Wildman–Crippen LogP) is 4.95. The van der Waals surface area contributed by atoms with Gasteiger partial charge in [-0.2, -0.15) is 0 Å². The van der Waals surface area contributed by atoms with Crippen LogP contribution in [0.2, 0.25) is 0 Å². The monoisotopic (exact) mass is 516 g/mol. The van der Waals surface area contributed by atoms with Crippen molar-refractivity contribution in [3.63, 3.8) is 0 Å². The number of halogens is 2. The summed E-state index contributed by atoms with van der Waals surface area (Å²) in [6.07, 6.45) is 0.0273. The number of hydrogen-bond donors (Lipinski definition) is 2. The number of amides is 2. The van der Waals surface area contributed by atoms with Crippen LogP contribution >= 0.6 is 0 Å². The summed E-state index contributed by atoms with van der Waals surface area (Å²) < 4.78 is 39.2. The van der Waals surface area contributed by atoms with Gasteiger partial charge in [-0.05, 0) is 41.0 Å². The molecule has 0 bridgehead atoms. The third-order valence-electron chi connectivity index (χ3n) is 5.70. The Hall–Kier alpha value is -4.72. The summed E-state index contributed by atoms with van der Waals surface area (Å²) >= 11 is 0. The quantitative estimate of drug-likeness (QED) is 0.295. The minimum absolute atomic E-state index is 0.0273. The summed E-state index contributed by atoms with van der Waals surface area (Å²) in [6, 6.07) is 25.7. The SMILES string of the molecule is NC(=O)[C@H](Cc1ccc(OCc2ccccc2)c(OCc2ccccc2)c1)NC(=O)c1cc(F)cc(F)c1. The molecule has 4 aromatic rings. The van der Waals surface area contributed by atoms with Crippen molar-refractivity contribution in [2.24, 2.45) is 5.73 Å². The van der Waals surface area contributed by atoms with Gasteiger partial charge in [0.2, 0.25) is 5.91 Å². The van der Waals surface area contributed by atoms with Gasteiger partial charge in [0.1, 0.15) is 30.9 Å². The van der Waals surface area contributed by atoms with Crippen LogP contribution in [0.1, 0.15) is 27.0 Å². The molecule has 0 aliphatic rings. The van der Waals surface area contributed by atoms with Crippen molar-refractivity contribution < 1.29 is 27.8 Å². The highest BCUT2D eigenvalue weighted by atomic mass is 19.1. The molecule has 194 valence electrons. The third kappa shape index (κ3) is 7.39. The van der Waals surface area contributed by atoms with Crippen LogP contribution in [0.3, 0.4) is 0 Å². The number of ether oxygens (including phenoxy) is 2. The molecule has 8 heteroatoms. The van der Waals surface area contributed by atoms with Crippen LogP contribution in [0.25, 0.3) is 0 Å². The van der Waals surface area contributed by atoms with Crippen molar-refractivity contribution in [1.82, 2.24) is 5.32 Å². The maximum Gasteiger partial charge on any atom is 0.252 e. The number of benzene rings is 4. The van der Waals surface area contributed by atoms with Gasteiger partial charge in [-0.3, -0.25) is 9.59 Å². The molecular formula is C30H26F2N2O4. The molecular weight excluding hydrogens is 490 g/mol. The summed E-state index contributed by atoms with van der Waals surface area (Å²) in [6.45, 7) is 0.610. The summed E-state index contributed by atoms with van der Waals surface area (Å²) in [7, 11) is 0. The Bertz CT molecular complexity index is 1380. The molecule has 0 radical (unpaired) electrons. The Morgan fingerprint density at radius 2 is 1.26 bits per heavy atom. The minimum Gasteiger partial charge on any atom is -0.485 e. The van der Waals surface area contributed by atoms with Gasteiger partial charge in [-0.15, -0.1) is 0 Å². The molecule has 0 aliphatic heterocycles. The normalized spacial score (nSPS) is 11.4. The summed E-state index contributed by atoms with van der Waals surface area (Å²) in [5.41, 5.74) is 7.84. The van der Waals surface area contributed by atoms with E-state index in [1.54, 1.807) is 18.2 Å². The Balaban J connectivity index is 1.52. The van der Waals surface area contributed by atoms with E-state index >= 15 is 0 Å². The topological polar surface area (TPSA) is 90.7 Å². The molecule has 0 aromatic heterocycles. The predicted molar refractivity (Wildman–Crippen MR) is 139 cm³/mol. The van der Waals surface area contributed by atoms with Gasteiger partial charge in [0.15, 0.2) is 11.5 Å². The maximum absolute atomic E-state index is 13.5. The summed E-state index contributed by atoms with van der Waals surface area (Å²) in [5, 5.41) is 2.46. The molecule has 0 unspecified atom stereocenters. The fourth-order valence-corrected chi connectivity index (χ4v) is 3.77. The van der Waals surface area contributed by atoms with Gasteiger partial charge in [-0.25, -0.2) is 8.78 Å². The van der Waals surface area contributed by atoms with E-state index in [2.05, 4.69) is 5.32 Å². The Morgan fingerprint density at radius 1 is 0.711 bits per heavy atom. The van der Waals surface area contributed by atoms with Crippen molar-refractivity contribution in [2.75, 3.05) is 0 Å². The fourth-order valence-electron chi connectivity index (χ4n) is 3.77. The van der Waals surface area contributed by atoms with E-state index in [0.717, 1.165) is 23.3 Å². The molecule has 0 spiro atoms. The zero-order valence-electron chi connectivity index (χ0n) is 20.4. The van der Waals surface area contributed by atoms with E-state index in [1.807, 2.05) is 60.7 Å². The van der Waals surface area contributed by atoms with E-state index in [0.29, 0.717) is 29.7 Å². The summed E-state index contributed by atoms with van der Waals surface area (Å²) in [5.74, 6) is -2.48. The first kappa shape index (κ1) is 26.3. The largest absolute Gasteiger partial charge is 0.485 e. The fraction of sp³-hybridized carbons (Fsp3) is 0.133. The van der Waals surface area contributed by atoms with Crippen molar-refractivity contribution in [2.45, 2.75) is 25.7 Å². The lowest BCUT2D eigenvalue weighted by molar-refractivity contribution is -0.119. The number of nitrogens with two attached hydrogens (primary N) is 1. The first-order valence-electron chi connectivity index (χ1n) is 11.9. The second kappa shape index (κ2) is 12.5.